The van der Waals surface area contributed by atoms with Crippen molar-refractivity contribution in [3.8, 4) is 0 Å². The number of halogens is 1. The summed E-state index contributed by atoms with van der Waals surface area (Å²) in [5.41, 5.74) is 4.85. The van der Waals surface area contributed by atoms with Crippen molar-refractivity contribution in [2.45, 2.75) is 6.42 Å². The molecule has 0 aromatic heterocycles. The summed E-state index contributed by atoms with van der Waals surface area (Å²) in [4.78, 5) is 35.7. The van der Waals surface area contributed by atoms with Crippen LogP contribution in [0.1, 0.15) is 16.8 Å². The van der Waals surface area contributed by atoms with E-state index in [1.165, 1.54) is 6.07 Å². The predicted octanol–water partition coefficient (Wildman–Crippen LogP) is 1.62. The fraction of sp³-hybridized carbons (Fsp3) is 0.312. The molecule has 3 N–H and O–H groups in total. The predicted molar refractivity (Wildman–Crippen MR) is 82.4 cm³/mol. The highest BCUT2D eigenvalue weighted by Gasteiger charge is 2.51. The second-order valence-electron chi connectivity index (χ2n) is 5.76. The quantitative estimate of drug-likeness (QED) is 0.578. The lowest BCUT2D eigenvalue weighted by molar-refractivity contribution is -0.148. The third kappa shape index (κ3) is 2.82. The molecule has 7 heteroatoms. The minimum Gasteiger partial charge on any atom is -0.481 e. The maximum absolute atomic E-state index is 12.3. The normalized spacial score (nSPS) is 27.7. The van der Waals surface area contributed by atoms with E-state index in [0.29, 0.717) is 6.42 Å². The smallest absolute Gasteiger partial charge is 0.307 e. The van der Waals surface area contributed by atoms with Crippen molar-refractivity contribution < 1.29 is 19.5 Å². The molecule has 4 atom stereocenters. The number of benzene rings is 1. The van der Waals surface area contributed by atoms with Crippen molar-refractivity contribution in [3.63, 3.8) is 0 Å². The summed E-state index contributed by atoms with van der Waals surface area (Å²) in [6.45, 7) is 0. The van der Waals surface area contributed by atoms with Crippen LogP contribution in [0.15, 0.2) is 36.4 Å². The first-order valence-corrected chi connectivity index (χ1v) is 7.62. The zero-order valence-electron chi connectivity index (χ0n) is 12.0. The summed E-state index contributed by atoms with van der Waals surface area (Å²) in [7, 11) is 0. The van der Waals surface area contributed by atoms with Crippen LogP contribution in [0.4, 0.5) is 0 Å². The number of fused-ring (bicyclic) bond motifs is 2. The van der Waals surface area contributed by atoms with Gasteiger partial charge in [0.05, 0.1) is 22.4 Å². The number of allylic oxidation sites excluding steroid dienone is 2. The van der Waals surface area contributed by atoms with Crippen LogP contribution in [0.25, 0.3) is 0 Å². The van der Waals surface area contributed by atoms with Gasteiger partial charge >= 0.3 is 5.97 Å². The van der Waals surface area contributed by atoms with E-state index in [9.17, 15) is 19.5 Å². The number of rotatable bonds is 3. The monoisotopic (exact) mass is 334 g/mol. The summed E-state index contributed by atoms with van der Waals surface area (Å²) in [6.07, 6.45) is 4.40. The Bertz CT molecular complexity index is 703. The van der Waals surface area contributed by atoms with Gasteiger partial charge in [-0.1, -0.05) is 35.9 Å². The molecule has 2 aliphatic carbocycles. The largest absolute Gasteiger partial charge is 0.481 e. The molecule has 6 nitrogen and oxygen atoms in total. The van der Waals surface area contributed by atoms with Gasteiger partial charge in [-0.3, -0.25) is 25.2 Å². The van der Waals surface area contributed by atoms with Crippen LogP contribution >= 0.6 is 11.6 Å². The summed E-state index contributed by atoms with van der Waals surface area (Å²) in [6, 6.07) is 6.45. The summed E-state index contributed by atoms with van der Waals surface area (Å²) >= 11 is 5.92. The van der Waals surface area contributed by atoms with Gasteiger partial charge in [0.15, 0.2) is 0 Å². The number of nitrogens with one attached hydrogen (secondary N) is 2. The molecular weight excluding hydrogens is 320 g/mol. The molecule has 0 unspecified atom stereocenters. The number of carbonyl (C=O) groups is 3. The van der Waals surface area contributed by atoms with E-state index in [0.717, 1.165) is 0 Å². The van der Waals surface area contributed by atoms with Crippen LogP contribution in [0.2, 0.25) is 5.02 Å². The molecule has 1 aromatic rings. The fourth-order valence-corrected chi connectivity index (χ4v) is 3.65. The summed E-state index contributed by atoms with van der Waals surface area (Å²) in [5, 5.41) is 9.60. The minimum atomic E-state index is -0.987. The van der Waals surface area contributed by atoms with E-state index in [1.807, 2.05) is 12.2 Å². The van der Waals surface area contributed by atoms with Crippen molar-refractivity contribution in [1.29, 1.82) is 0 Å². The molecule has 1 saturated carbocycles. The first kappa shape index (κ1) is 15.6. The van der Waals surface area contributed by atoms with Gasteiger partial charge in [-0.05, 0) is 30.4 Å². The van der Waals surface area contributed by atoms with Crippen LogP contribution < -0.4 is 10.9 Å². The Labute approximate surface area is 137 Å². The highest BCUT2D eigenvalue weighted by Crippen LogP contribution is 2.48. The third-order valence-electron chi connectivity index (χ3n) is 4.46. The van der Waals surface area contributed by atoms with Crippen molar-refractivity contribution in [1.82, 2.24) is 10.9 Å². The standard InChI is InChI=1S/C16H15ClN2O4/c17-11-4-2-1-3-10(11)14(20)18-19-15(21)12-8-5-6-9(7-8)13(12)16(22)23/h1-6,8-9,12-13H,7H2,(H,18,20)(H,19,21)(H,22,23)/t8-,9-,12-,13+/m0/s1. The minimum absolute atomic E-state index is 0.0988. The Morgan fingerprint density at radius 2 is 1.70 bits per heavy atom. The SMILES string of the molecule is O=C(NNC(=O)[C@@H]1[C@H](C(=O)O)[C@H]2C=C[C@H]1C2)c1ccccc1Cl. The van der Waals surface area contributed by atoms with Crippen molar-refractivity contribution in [2.75, 3.05) is 0 Å². The number of hydrazine groups is 1. The van der Waals surface area contributed by atoms with E-state index in [4.69, 9.17) is 11.6 Å². The zero-order valence-corrected chi connectivity index (χ0v) is 12.8. The van der Waals surface area contributed by atoms with Crippen molar-refractivity contribution in [2.24, 2.45) is 23.7 Å². The molecule has 0 spiro atoms. The van der Waals surface area contributed by atoms with E-state index < -0.39 is 29.6 Å². The molecule has 0 radical (unpaired) electrons. The molecule has 1 fully saturated rings. The van der Waals surface area contributed by atoms with Crippen LogP contribution in [0.5, 0.6) is 0 Å². The maximum atomic E-state index is 12.3. The lowest BCUT2D eigenvalue weighted by Crippen LogP contribution is -2.48. The number of aliphatic carboxylic acids is 1. The van der Waals surface area contributed by atoms with E-state index >= 15 is 0 Å². The van der Waals surface area contributed by atoms with Gasteiger partial charge in [0.1, 0.15) is 0 Å². The zero-order chi connectivity index (χ0) is 16.6. The van der Waals surface area contributed by atoms with Gasteiger partial charge in [-0.2, -0.15) is 0 Å². The molecule has 120 valence electrons. The van der Waals surface area contributed by atoms with Gasteiger partial charge in [-0.25, -0.2) is 0 Å². The van der Waals surface area contributed by atoms with Gasteiger partial charge < -0.3 is 5.11 Å². The Balaban J connectivity index is 1.66. The molecule has 2 amide bonds. The average molecular weight is 335 g/mol. The highest BCUT2D eigenvalue weighted by atomic mass is 35.5. The Morgan fingerprint density at radius 1 is 1.04 bits per heavy atom. The van der Waals surface area contributed by atoms with Gasteiger partial charge in [0.25, 0.3) is 5.91 Å². The van der Waals surface area contributed by atoms with Crippen LogP contribution in [0.3, 0.4) is 0 Å². The first-order valence-electron chi connectivity index (χ1n) is 7.25. The molecule has 0 saturated heterocycles. The van der Waals surface area contributed by atoms with Gasteiger partial charge in [0, 0.05) is 0 Å². The lowest BCUT2D eigenvalue weighted by atomic mass is 9.82. The molecule has 0 aliphatic heterocycles. The van der Waals surface area contributed by atoms with E-state index in [-0.39, 0.29) is 22.4 Å². The molecule has 0 heterocycles. The number of hydrogen-bond acceptors (Lipinski definition) is 3. The molecule has 2 aliphatic rings. The maximum Gasteiger partial charge on any atom is 0.307 e. The van der Waals surface area contributed by atoms with Gasteiger partial charge in [0.2, 0.25) is 5.91 Å². The number of hydrogen-bond donors (Lipinski definition) is 3. The van der Waals surface area contributed by atoms with Crippen LogP contribution in [0, 0.1) is 23.7 Å². The fourth-order valence-electron chi connectivity index (χ4n) is 3.43. The average Bonchev–Trinajstić information content (AvgIpc) is 3.13. The molecular formula is C16H15ClN2O4. The molecule has 3 rings (SSSR count). The highest BCUT2D eigenvalue weighted by molar-refractivity contribution is 6.33. The summed E-state index contributed by atoms with van der Waals surface area (Å²) in [5.74, 6) is -3.66. The third-order valence-corrected chi connectivity index (χ3v) is 4.79. The number of amides is 2. The van der Waals surface area contributed by atoms with E-state index in [2.05, 4.69) is 10.9 Å². The topological polar surface area (TPSA) is 95.5 Å². The first-order chi connectivity index (χ1) is 11.0. The second kappa shape index (κ2) is 6.04. The van der Waals surface area contributed by atoms with Gasteiger partial charge in [-0.15, -0.1) is 0 Å². The Hall–Kier alpha value is -2.34. The van der Waals surface area contributed by atoms with Crippen LogP contribution in [-0.4, -0.2) is 22.9 Å². The number of carboxylic acid groups (broad SMARTS) is 1. The lowest BCUT2D eigenvalue weighted by Gasteiger charge is -2.23. The second-order valence-corrected chi connectivity index (χ2v) is 6.17. The molecule has 23 heavy (non-hydrogen) atoms. The Morgan fingerprint density at radius 3 is 2.35 bits per heavy atom. The van der Waals surface area contributed by atoms with E-state index in [1.54, 1.807) is 18.2 Å². The molecule has 2 bridgehead atoms. The number of carbonyl (C=O) groups excluding carboxylic acids is 2. The number of carboxylic acids is 1. The van der Waals surface area contributed by atoms with Crippen molar-refractivity contribution in [3.05, 3.63) is 47.0 Å². The molecule has 1 aromatic carbocycles. The van der Waals surface area contributed by atoms with Crippen LogP contribution in [-0.2, 0) is 9.59 Å². The van der Waals surface area contributed by atoms with Crippen molar-refractivity contribution >= 4 is 29.4 Å². The summed E-state index contributed by atoms with van der Waals surface area (Å²) < 4.78 is 0. The Kier molecular flexibility index (Phi) is 4.09.